The summed E-state index contributed by atoms with van der Waals surface area (Å²) in [6, 6.07) is 3.62. The first-order valence-electron chi connectivity index (χ1n) is 4.83. The maximum atomic E-state index is 10.9. The Bertz CT molecular complexity index is 463. The van der Waals surface area contributed by atoms with Crippen LogP contribution in [-0.4, -0.2) is 25.0 Å². The number of halogens is 4. The highest BCUT2D eigenvalue weighted by Crippen LogP contribution is 2.09. The lowest BCUT2D eigenvalue weighted by Crippen LogP contribution is -2.19. The third-order valence-corrected chi connectivity index (χ3v) is 1.79. The first-order valence-corrected chi connectivity index (χ1v) is 4.83. The zero-order chi connectivity index (χ0) is 16.1. The molecule has 20 heavy (non-hydrogen) atoms. The molecule has 0 aliphatic carbocycles. The Balaban J connectivity index is 0.000000621. The van der Waals surface area contributed by atoms with Crippen LogP contribution >= 0.6 is 0 Å². The summed E-state index contributed by atoms with van der Waals surface area (Å²) in [6.07, 6.45) is 0. The molecule has 0 heterocycles. The highest BCUT2D eigenvalue weighted by Gasteiger charge is 2.20. The molecule has 0 aliphatic heterocycles. The summed E-state index contributed by atoms with van der Waals surface area (Å²) in [6.45, 7) is 0. The maximum Gasteiger partial charge on any atom is 0.673 e. The van der Waals surface area contributed by atoms with Crippen molar-refractivity contribution in [3.05, 3.63) is 34.9 Å². The smallest absolute Gasteiger partial charge is 0.418 e. The quantitative estimate of drug-likeness (QED) is 0.547. The Morgan fingerprint density at radius 3 is 0.950 bits per heavy atom. The zero-order valence-corrected chi connectivity index (χ0v) is 9.78. The van der Waals surface area contributed by atoms with Gasteiger partial charge in [0.25, 0.3) is 0 Å². The number of hydrogen-bond donors (Lipinski definition) is 3. The van der Waals surface area contributed by atoms with E-state index >= 15 is 0 Å². The maximum absolute atomic E-state index is 10.9. The Morgan fingerprint density at radius 1 is 0.700 bits per heavy atom. The topological polar surface area (TPSA) is 129 Å². The Labute approximate surface area is 110 Å². The van der Waals surface area contributed by atoms with Crippen molar-refractivity contribution in [2.24, 2.45) is 17.2 Å². The van der Waals surface area contributed by atoms with Crippen LogP contribution in [0.15, 0.2) is 18.2 Å². The van der Waals surface area contributed by atoms with Crippen LogP contribution in [0.25, 0.3) is 0 Å². The number of benzene rings is 1. The monoisotopic (exact) mass is 294 g/mol. The molecule has 0 saturated heterocycles. The van der Waals surface area contributed by atoms with E-state index in [1.807, 2.05) is 0 Å². The third-order valence-electron chi connectivity index (χ3n) is 1.79. The molecule has 0 spiro atoms. The van der Waals surface area contributed by atoms with Crippen LogP contribution in [0, 0.1) is 0 Å². The van der Waals surface area contributed by atoms with Gasteiger partial charge < -0.3 is 34.5 Å². The third kappa shape index (κ3) is 6.98. The molecule has 0 unspecified atom stereocenters. The number of nitrogens with two attached hydrogens (primary N) is 3. The number of hydrogen-bond acceptors (Lipinski definition) is 3. The highest BCUT2D eigenvalue weighted by molar-refractivity contribution is 6.50. The normalized spacial score (nSPS) is 10.2. The van der Waals surface area contributed by atoms with E-state index in [4.69, 9.17) is 17.2 Å². The van der Waals surface area contributed by atoms with Gasteiger partial charge in [0.2, 0.25) is 17.7 Å². The van der Waals surface area contributed by atoms with Crippen molar-refractivity contribution < 1.29 is 31.6 Å². The van der Waals surface area contributed by atoms with Crippen LogP contribution in [0.4, 0.5) is 17.3 Å². The van der Waals surface area contributed by atoms with Crippen molar-refractivity contribution in [1.29, 1.82) is 0 Å². The summed E-state index contributed by atoms with van der Waals surface area (Å²) >= 11 is 0. The first kappa shape index (κ1) is 17.4. The van der Waals surface area contributed by atoms with E-state index in [1.54, 1.807) is 0 Å². The molecule has 0 aliphatic rings. The van der Waals surface area contributed by atoms with Gasteiger partial charge in [0.1, 0.15) is 0 Å². The summed E-state index contributed by atoms with van der Waals surface area (Å²) in [5, 5.41) is 0. The summed E-state index contributed by atoms with van der Waals surface area (Å²) in [4.78, 5) is 32.6. The molecule has 3 amide bonds. The minimum absolute atomic E-state index is 0.0140. The van der Waals surface area contributed by atoms with Crippen molar-refractivity contribution >= 4 is 25.0 Å². The molecule has 6 N–H and O–H groups in total. The summed E-state index contributed by atoms with van der Waals surface area (Å²) in [7, 11) is -6.00. The van der Waals surface area contributed by atoms with Gasteiger partial charge in [-0.1, -0.05) is 0 Å². The molecule has 0 bridgehead atoms. The number of amides is 3. The highest BCUT2D eigenvalue weighted by atomic mass is 19.5. The van der Waals surface area contributed by atoms with Gasteiger partial charge in [-0.15, -0.1) is 0 Å². The Morgan fingerprint density at radius 2 is 0.850 bits per heavy atom. The van der Waals surface area contributed by atoms with E-state index in [-0.39, 0.29) is 16.7 Å². The van der Waals surface area contributed by atoms with Gasteiger partial charge in [-0.05, 0) is 18.2 Å². The van der Waals surface area contributed by atoms with Gasteiger partial charge in [0.05, 0.1) is 0 Å². The molecule has 0 saturated carbocycles. The molecule has 6 nitrogen and oxygen atoms in total. The van der Waals surface area contributed by atoms with Crippen LogP contribution in [0.2, 0.25) is 0 Å². The predicted octanol–water partition coefficient (Wildman–Crippen LogP) is 0.283. The zero-order valence-electron chi connectivity index (χ0n) is 9.78. The minimum Gasteiger partial charge on any atom is -0.418 e. The lowest BCUT2D eigenvalue weighted by Gasteiger charge is -2.02. The fourth-order valence-corrected chi connectivity index (χ4v) is 1.05. The molecule has 0 radical (unpaired) electrons. The van der Waals surface area contributed by atoms with E-state index in [1.165, 1.54) is 18.2 Å². The first-order chi connectivity index (χ1) is 8.91. The second kappa shape index (κ2) is 6.54. The van der Waals surface area contributed by atoms with Crippen LogP contribution in [0.1, 0.15) is 31.1 Å². The standard InChI is InChI=1S/C9H9N3O3.BF4/c10-7(13)4-1-5(8(11)14)3-6(2-4)9(12)15;2-1(3,4)5/h1-3H,(H2,10,13)(H2,11,14)(H2,12,15);/q;-1. The largest absolute Gasteiger partial charge is 0.673 e. The number of rotatable bonds is 3. The predicted molar refractivity (Wildman–Crippen MR) is 62.2 cm³/mol. The van der Waals surface area contributed by atoms with Crippen LogP contribution in [0.5, 0.6) is 0 Å². The van der Waals surface area contributed by atoms with Gasteiger partial charge in [-0.25, -0.2) is 0 Å². The summed E-state index contributed by atoms with van der Waals surface area (Å²) in [5.74, 6) is -2.29. The fraction of sp³-hybridized carbons (Fsp3) is 0. The van der Waals surface area contributed by atoms with Gasteiger partial charge in [-0.3, -0.25) is 14.4 Å². The lowest BCUT2D eigenvalue weighted by atomic mass is 10.0. The average molecular weight is 294 g/mol. The summed E-state index contributed by atoms with van der Waals surface area (Å²) < 4.78 is 39.0. The van der Waals surface area contributed by atoms with Gasteiger partial charge in [-0.2, -0.15) is 0 Å². The van der Waals surface area contributed by atoms with Crippen LogP contribution < -0.4 is 17.2 Å². The Kier molecular flexibility index (Phi) is 5.70. The van der Waals surface area contributed by atoms with Crippen molar-refractivity contribution in [3.63, 3.8) is 0 Å². The number of primary amides is 3. The fourth-order valence-electron chi connectivity index (χ4n) is 1.05. The van der Waals surface area contributed by atoms with Gasteiger partial charge in [0, 0.05) is 16.7 Å². The van der Waals surface area contributed by atoms with Gasteiger partial charge >= 0.3 is 7.25 Å². The SMILES string of the molecule is F[B-](F)(F)F.NC(=O)c1cc(C(N)=O)cc(C(N)=O)c1. The van der Waals surface area contributed by atoms with Gasteiger partial charge in [0.15, 0.2) is 0 Å². The average Bonchev–Trinajstić information content (AvgIpc) is 2.25. The molecular formula is C9H9BF4N3O3-. The van der Waals surface area contributed by atoms with E-state index in [2.05, 4.69) is 0 Å². The van der Waals surface area contributed by atoms with Crippen molar-refractivity contribution in [3.8, 4) is 0 Å². The van der Waals surface area contributed by atoms with E-state index < -0.39 is 25.0 Å². The lowest BCUT2D eigenvalue weighted by molar-refractivity contribution is 0.0999. The molecule has 1 aromatic rings. The van der Waals surface area contributed by atoms with Crippen molar-refractivity contribution in [2.75, 3.05) is 0 Å². The number of carbonyl (C=O) groups excluding carboxylic acids is 3. The summed E-state index contributed by atoms with van der Waals surface area (Å²) in [5.41, 5.74) is 15.1. The molecule has 0 aromatic heterocycles. The second-order valence-electron chi connectivity index (χ2n) is 3.39. The van der Waals surface area contributed by atoms with E-state index in [0.717, 1.165) is 0 Å². The Hall–Kier alpha value is -2.59. The second-order valence-corrected chi connectivity index (χ2v) is 3.39. The van der Waals surface area contributed by atoms with Crippen LogP contribution in [0.3, 0.4) is 0 Å². The number of carbonyl (C=O) groups is 3. The molecule has 0 atom stereocenters. The van der Waals surface area contributed by atoms with Crippen molar-refractivity contribution in [1.82, 2.24) is 0 Å². The molecule has 110 valence electrons. The van der Waals surface area contributed by atoms with Crippen LogP contribution in [-0.2, 0) is 0 Å². The molecule has 0 fully saturated rings. The minimum atomic E-state index is -6.00. The molecule has 1 rings (SSSR count). The molecule has 11 heteroatoms. The van der Waals surface area contributed by atoms with Crippen molar-refractivity contribution in [2.45, 2.75) is 0 Å². The van der Waals surface area contributed by atoms with E-state index in [0.29, 0.717) is 0 Å². The molecule has 1 aromatic carbocycles. The van der Waals surface area contributed by atoms with E-state index in [9.17, 15) is 31.6 Å². The molecular weight excluding hydrogens is 285 g/mol.